The highest BCUT2D eigenvalue weighted by Crippen LogP contribution is 2.41. The third kappa shape index (κ3) is 7.01. The van der Waals surface area contributed by atoms with E-state index in [2.05, 4.69) is 10.6 Å². The van der Waals surface area contributed by atoms with Gasteiger partial charge in [0.25, 0.3) is 0 Å². The van der Waals surface area contributed by atoms with Gasteiger partial charge in [0.2, 0.25) is 17.7 Å². The Morgan fingerprint density at radius 1 is 1.23 bits per heavy atom. The number of fused-ring (bicyclic) bond motifs is 1. The van der Waals surface area contributed by atoms with Gasteiger partial charge in [0.1, 0.15) is 11.9 Å². The number of nitrogens with one attached hydrogen (secondary N) is 2. The fourth-order valence-corrected chi connectivity index (χ4v) is 5.11. The van der Waals surface area contributed by atoms with Gasteiger partial charge in [-0.25, -0.2) is 4.39 Å². The van der Waals surface area contributed by atoms with Crippen molar-refractivity contribution in [3.63, 3.8) is 0 Å². The second-order valence-corrected chi connectivity index (χ2v) is 10.5. The second kappa shape index (κ2) is 11.7. The van der Waals surface area contributed by atoms with Gasteiger partial charge in [0, 0.05) is 23.9 Å². The topological polar surface area (TPSA) is 128 Å². The molecule has 2 aromatic rings. The average Bonchev–Trinajstić information content (AvgIpc) is 3.71. The molecule has 212 valence electrons. The van der Waals surface area contributed by atoms with Crippen LogP contribution in [0, 0.1) is 34.9 Å². The third-order valence-corrected chi connectivity index (χ3v) is 7.38. The van der Waals surface area contributed by atoms with Crippen molar-refractivity contribution in [2.45, 2.75) is 44.3 Å². The number of nitrogens with two attached hydrogens (primary N) is 1. The Labute approximate surface area is 232 Å². The summed E-state index contributed by atoms with van der Waals surface area (Å²) in [4.78, 5) is 40.4. The van der Waals surface area contributed by atoms with Gasteiger partial charge in [-0.1, -0.05) is 30.5 Å². The lowest BCUT2D eigenvalue weighted by Crippen LogP contribution is -2.52. The maximum absolute atomic E-state index is 14.4. The van der Waals surface area contributed by atoms with Crippen LogP contribution in [-0.2, 0) is 14.4 Å². The zero-order valence-electron chi connectivity index (χ0n) is 21.1. The van der Waals surface area contributed by atoms with Crippen LogP contribution in [0.4, 0.5) is 34.6 Å². The maximum atomic E-state index is 14.4. The molecule has 1 heterocycles. The summed E-state index contributed by atoms with van der Waals surface area (Å²) < 4.78 is 53.8. The quantitative estimate of drug-likeness (QED) is 0.368. The summed E-state index contributed by atoms with van der Waals surface area (Å²) in [7, 11) is 0. The summed E-state index contributed by atoms with van der Waals surface area (Å²) in [6, 6.07) is 8.73. The van der Waals surface area contributed by atoms with Gasteiger partial charge in [-0.2, -0.15) is 18.4 Å². The number of hydrogen-bond acceptors (Lipinski definition) is 5. The van der Waals surface area contributed by atoms with Gasteiger partial charge in [-0.3, -0.25) is 14.4 Å². The average molecular weight is 580 g/mol. The molecule has 0 radical (unpaired) electrons. The Morgan fingerprint density at radius 3 is 2.58 bits per heavy atom. The predicted octanol–water partition coefficient (Wildman–Crippen LogP) is 4.79. The van der Waals surface area contributed by atoms with Crippen LogP contribution in [0.1, 0.15) is 37.7 Å². The molecule has 3 unspecified atom stereocenters. The first-order valence-electron chi connectivity index (χ1n) is 12.6. The highest BCUT2D eigenvalue weighted by molar-refractivity contribution is 6.34. The number of alkyl halides is 3. The van der Waals surface area contributed by atoms with Crippen molar-refractivity contribution in [3.8, 4) is 6.07 Å². The molecule has 0 bridgehead atoms. The number of carbonyl (C=O) groups is 3. The van der Waals surface area contributed by atoms with E-state index in [9.17, 15) is 37.2 Å². The van der Waals surface area contributed by atoms with Crippen LogP contribution in [0.25, 0.3) is 0 Å². The summed E-state index contributed by atoms with van der Waals surface area (Å²) in [5, 5.41) is 14.6. The van der Waals surface area contributed by atoms with E-state index in [4.69, 9.17) is 17.3 Å². The van der Waals surface area contributed by atoms with Crippen molar-refractivity contribution in [2.75, 3.05) is 16.8 Å². The molecule has 13 heteroatoms. The minimum atomic E-state index is -4.58. The van der Waals surface area contributed by atoms with Gasteiger partial charge in [-0.05, 0) is 49.1 Å². The van der Waals surface area contributed by atoms with Crippen molar-refractivity contribution in [3.05, 3.63) is 52.8 Å². The number of anilines is 3. The van der Waals surface area contributed by atoms with E-state index < -0.39 is 60.4 Å². The molecular weight excluding hydrogens is 554 g/mol. The van der Waals surface area contributed by atoms with Crippen LogP contribution in [0.3, 0.4) is 0 Å². The van der Waals surface area contributed by atoms with Crippen molar-refractivity contribution in [1.29, 1.82) is 5.26 Å². The molecule has 1 aliphatic heterocycles. The molecule has 1 saturated carbocycles. The number of nitrogens with zero attached hydrogens (tertiary/aromatic N) is 2. The number of benzene rings is 2. The van der Waals surface area contributed by atoms with E-state index in [1.165, 1.54) is 17.0 Å². The van der Waals surface area contributed by atoms with Crippen LogP contribution < -0.4 is 21.3 Å². The Balaban J connectivity index is 1.68. The molecule has 4 rings (SSSR count). The molecule has 3 amide bonds. The van der Waals surface area contributed by atoms with E-state index in [1.54, 1.807) is 12.1 Å². The van der Waals surface area contributed by atoms with E-state index in [-0.39, 0.29) is 40.8 Å². The number of para-hydroxylation sites is 1. The van der Waals surface area contributed by atoms with Crippen molar-refractivity contribution < 1.29 is 31.9 Å². The Morgan fingerprint density at radius 2 is 1.95 bits per heavy atom. The zero-order valence-corrected chi connectivity index (χ0v) is 21.9. The summed E-state index contributed by atoms with van der Waals surface area (Å²) in [5.74, 6) is -5.74. The highest BCUT2D eigenvalue weighted by Gasteiger charge is 2.41. The molecule has 3 atom stereocenters. The lowest BCUT2D eigenvalue weighted by atomic mass is 9.83. The SMILES string of the molecule is N#Cc1cc(F)cc(N2CC(NC(=O)C(CCC(F)(F)F)C(CC3CC3)C(N)=O)C(=O)Nc3c(Cl)cccc32)c1. The van der Waals surface area contributed by atoms with Crippen molar-refractivity contribution in [1.82, 2.24) is 5.32 Å². The van der Waals surface area contributed by atoms with Crippen LogP contribution in [0.5, 0.6) is 0 Å². The van der Waals surface area contributed by atoms with Gasteiger partial charge >= 0.3 is 6.18 Å². The first kappa shape index (κ1) is 29.1. The minimum Gasteiger partial charge on any atom is -0.369 e. The Bertz CT molecular complexity index is 1360. The van der Waals surface area contributed by atoms with Gasteiger partial charge in [0.05, 0.1) is 34.6 Å². The molecule has 8 nitrogen and oxygen atoms in total. The lowest BCUT2D eigenvalue weighted by molar-refractivity contribution is -0.146. The Kier molecular flexibility index (Phi) is 8.54. The largest absolute Gasteiger partial charge is 0.389 e. The smallest absolute Gasteiger partial charge is 0.369 e. The molecule has 4 N–H and O–H groups in total. The van der Waals surface area contributed by atoms with Crippen LogP contribution >= 0.6 is 11.6 Å². The van der Waals surface area contributed by atoms with Gasteiger partial charge in [-0.15, -0.1) is 0 Å². The summed E-state index contributed by atoms with van der Waals surface area (Å²) in [5.41, 5.74) is 6.20. The van der Waals surface area contributed by atoms with E-state index in [0.717, 1.165) is 25.0 Å². The van der Waals surface area contributed by atoms with E-state index in [0.29, 0.717) is 5.69 Å². The lowest BCUT2D eigenvalue weighted by Gasteiger charge is -2.29. The van der Waals surface area contributed by atoms with Crippen LogP contribution in [0.15, 0.2) is 36.4 Å². The molecular formula is C27H26ClF4N5O3. The number of amides is 3. The standard InChI is InChI=1S/C27H26ClF4N5O3/c28-20-2-1-3-22-23(20)36-26(40)21(13-37(22)17-9-15(12-33)8-16(29)11-17)35-25(39)18(6-7-27(30,31)32)19(24(34)38)10-14-4-5-14/h1-3,8-9,11,14,18-19,21H,4-7,10,13H2,(H2,34,38)(H,35,39)(H,36,40). The number of hydrogen-bond donors (Lipinski definition) is 3. The number of nitriles is 1. The Hall–Kier alpha value is -3.85. The van der Waals surface area contributed by atoms with Crippen molar-refractivity contribution >= 4 is 46.4 Å². The van der Waals surface area contributed by atoms with Gasteiger partial charge in [0.15, 0.2) is 0 Å². The molecule has 0 spiro atoms. The summed E-state index contributed by atoms with van der Waals surface area (Å²) >= 11 is 6.33. The highest BCUT2D eigenvalue weighted by atomic mass is 35.5. The number of carbonyl (C=O) groups excluding carboxylic acids is 3. The minimum absolute atomic E-state index is 0.000660. The summed E-state index contributed by atoms with van der Waals surface area (Å²) in [6.07, 6.45) is -4.83. The predicted molar refractivity (Wildman–Crippen MR) is 139 cm³/mol. The number of rotatable bonds is 9. The number of halogens is 5. The molecule has 2 aromatic carbocycles. The van der Waals surface area contributed by atoms with Gasteiger partial charge < -0.3 is 21.3 Å². The fraction of sp³-hybridized carbons (Fsp3) is 0.407. The normalized spacial score (nSPS) is 18.6. The first-order valence-corrected chi connectivity index (χ1v) is 13.0. The van der Waals surface area contributed by atoms with Crippen molar-refractivity contribution in [2.24, 2.45) is 23.5 Å². The van der Waals surface area contributed by atoms with Crippen LogP contribution in [-0.4, -0.2) is 36.5 Å². The monoisotopic (exact) mass is 579 g/mol. The number of primary amides is 1. The fourth-order valence-electron chi connectivity index (χ4n) is 4.89. The molecule has 2 aliphatic rings. The summed E-state index contributed by atoms with van der Waals surface area (Å²) in [6.45, 7) is -0.283. The molecule has 1 fully saturated rings. The molecule has 1 aliphatic carbocycles. The van der Waals surface area contributed by atoms with Crippen LogP contribution in [0.2, 0.25) is 5.02 Å². The van der Waals surface area contributed by atoms with E-state index >= 15 is 0 Å². The maximum Gasteiger partial charge on any atom is 0.389 e. The molecule has 0 saturated heterocycles. The third-order valence-electron chi connectivity index (χ3n) is 7.06. The second-order valence-electron chi connectivity index (χ2n) is 10.1. The molecule has 40 heavy (non-hydrogen) atoms. The molecule has 0 aromatic heterocycles. The first-order chi connectivity index (χ1) is 18.9. The van der Waals surface area contributed by atoms with E-state index in [1.807, 2.05) is 6.07 Å². The zero-order chi connectivity index (χ0) is 29.2.